The van der Waals surface area contributed by atoms with Crippen LogP contribution in [0.1, 0.15) is 0 Å². The Balaban J connectivity index is 0.000000349. The predicted octanol–water partition coefficient (Wildman–Crippen LogP) is 2.68. The molecule has 2 heterocycles. The van der Waals surface area contributed by atoms with Crippen LogP contribution in [0.3, 0.4) is 0 Å². The maximum absolute atomic E-state index is 9.19. The lowest BCUT2D eigenvalue weighted by molar-refractivity contribution is 0.490. The lowest BCUT2D eigenvalue weighted by atomic mass is 10.2. The maximum Gasteiger partial charge on any atom is 0.261 e. The Kier molecular flexibility index (Phi) is 4.77. The zero-order valence-corrected chi connectivity index (χ0v) is 15.1. The van der Waals surface area contributed by atoms with Crippen LogP contribution in [0, 0.1) is 0 Å². The van der Waals surface area contributed by atoms with Gasteiger partial charge in [0.25, 0.3) is 10.1 Å². The number of aromatic nitrogens is 4. The van der Waals surface area contributed by atoms with Crippen molar-refractivity contribution in [3.05, 3.63) is 53.6 Å². The van der Waals surface area contributed by atoms with E-state index in [2.05, 4.69) is 15.2 Å². The summed E-state index contributed by atoms with van der Waals surface area (Å²) in [5.74, 6) is 1.06. The third kappa shape index (κ3) is 3.90. The van der Waals surface area contributed by atoms with E-state index in [1.165, 1.54) is 0 Å². The van der Waals surface area contributed by atoms with Crippen molar-refractivity contribution in [2.24, 2.45) is 0 Å². The van der Waals surface area contributed by atoms with E-state index < -0.39 is 10.1 Å². The van der Waals surface area contributed by atoms with Gasteiger partial charge in [-0.15, -0.1) is 10.2 Å². The summed E-state index contributed by atoms with van der Waals surface area (Å²) in [6.07, 6.45) is 0.715. The van der Waals surface area contributed by atoms with E-state index in [-0.39, 0.29) is 0 Å². The number of fused-ring (bicyclic) bond motifs is 3. The number of rotatable bonds is 1. The standard InChI is InChI=1S/C15H10ClN5.CH4O3S/c16-10-6-7-11-12(8-10)21-14(9-4-2-1-3-5-9)19-20-15(21)13(17)18-11;1-5(2,3)4/h1-8H,(H2,17,18);1H3,(H,2,3,4). The molecule has 4 rings (SSSR count). The molecule has 0 fully saturated rings. The molecule has 0 spiro atoms. The summed E-state index contributed by atoms with van der Waals surface area (Å²) in [5.41, 5.74) is 9.05. The average Bonchev–Trinajstić information content (AvgIpc) is 3.01. The van der Waals surface area contributed by atoms with Crippen LogP contribution in [0.25, 0.3) is 28.1 Å². The van der Waals surface area contributed by atoms with Gasteiger partial charge >= 0.3 is 0 Å². The van der Waals surface area contributed by atoms with E-state index in [9.17, 15) is 8.42 Å². The highest BCUT2D eigenvalue weighted by molar-refractivity contribution is 7.85. The van der Waals surface area contributed by atoms with E-state index in [4.69, 9.17) is 21.9 Å². The van der Waals surface area contributed by atoms with Crippen LogP contribution in [-0.2, 0) is 10.1 Å². The summed E-state index contributed by atoms with van der Waals surface area (Å²) in [5, 5.41) is 9.04. The maximum atomic E-state index is 9.19. The molecule has 2 aromatic heterocycles. The number of halogens is 1. The molecule has 0 radical (unpaired) electrons. The first kappa shape index (κ1) is 18.1. The van der Waals surface area contributed by atoms with Crippen molar-refractivity contribution in [3.8, 4) is 11.4 Å². The van der Waals surface area contributed by atoms with Gasteiger partial charge in [0.05, 0.1) is 17.3 Å². The number of benzene rings is 2. The molecule has 0 saturated heterocycles. The summed E-state index contributed by atoms with van der Waals surface area (Å²) in [6, 6.07) is 15.3. The SMILES string of the molecule is CS(=O)(=O)O.Nc1nc2ccc(Cl)cc2n2c(-c3ccccc3)nnc12. The Labute approximate surface area is 154 Å². The second-order valence-corrected chi connectivity index (χ2v) is 7.31. The number of anilines is 1. The Hall–Kier alpha value is -2.75. The van der Waals surface area contributed by atoms with Gasteiger partial charge in [-0.05, 0) is 18.2 Å². The Morgan fingerprint density at radius 3 is 2.42 bits per heavy atom. The molecule has 3 N–H and O–H groups in total. The Morgan fingerprint density at radius 2 is 1.77 bits per heavy atom. The van der Waals surface area contributed by atoms with Crippen LogP contribution >= 0.6 is 11.6 Å². The van der Waals surface area contributed by atoms with Crippen LogP contribution < -0.4 is 5.73 Å². The summed E-state index contributed by atoms with van der Waals surface area (Å²) >= 11 is 6.11. The van der Waals surface area contributed by atoms with E-state index >= 15 is 0 Å². The zero-order valence-electron chi connectivity index (χ0n) is 13.5. The lowest BCUT2D eigenvalue weighted by Crippen LogP contribution is -2.00. The first-order valence-electron chi connectivity index (χ1n) is 7.32. The fraction of sp³-hybridized carbons (Fsp3) is 0.0625. The Morgan fingerprint density at radius 1 is 1.12 bits per heavy atom. The largest absolute Gasteiger partial charge is 0.381 e. The van der Waals surface area contributed by atoms with Gasteiger partial charge < -0.3 is 5.73 Å². The van der Waals surface area contributed by atoms with Crippen LogP contribution in [0.5, 0.6) is 0 Å². The average molecular weight is 392 g/mol. The third-order valence-corrected chi connectivity index (χ3v) is 3.58. The number of hydrogen-bond acceptors (Lipinski definition) is 6. The second-order valence-electron chi connectivity index (χ2n) is 5.41. The quantitative estimate of drug-likeness (QED) is 0.478. The molecule has 0 bridgehead atoms. The van der Waals surface area contributed by atoms with Crippen LogP contribution in [0.4, 0.5) is 5.82 Å². The van der Waals surface area contributed by atoms with Gasteiger partial charge in [0.2, 0.25) is 5.65 Å². The number of nitrogens with two attached hydrogens (primary N) is 1. The summed E-state index contributed by atoms with van der Waals surface area (Å²) in [4.78, 5) is 4.35. The zero-order chi connectivity index (χ0) is 18.9. The molecule has 0 aliphatic carbocycles. The molecule has 0 amide bonds. The van der Waals surface area contributed by atoms with E-state index in [1.807, 2.05) is 46.9 Å². The fourth-order valence-corrected chi connectivity index (χ4v) is 2.57. The van der Waals surface area contributed by atoms with E-state index in [1.54, 1.807) is 6.07 Å². The van der Waals surface area contributed by atoms with Crippen molar-refractivity contribution >= 4 is 44.2 Å². The van der Waals surface area contributed by atoms with Gasteiger partial charge in [0.1, 0.15) is 0 Å². The van der Waals surface area contributed by atoms with Crippen molar-refractivity contribution in [1.29, 1.82) is 0 Å². The minimum Gasteiger partial charge on any atom is -0.381 e. The molecule has 0 saturated carbocycles. The highest BCUT2D eigenvalue weighted by Crippen LogP contribution is 2.26. The molecule has 10 heteroatoms. The van der Waals surface area contributed by atoms with Crippen molar-refractivity contribution in [1.82, 2.24) is 19.6 Å². The van der Waals surface area contributed by atoms with E-state index in [0.29, 0.717) is 28.6 Å². The summed E-state index contributed by atoms with van der Waals surface area (Å²) in [6.45, 7) is 0. The molecular weight excluding hydrogens is 378 g/mol. The normalized spacial score (nSPS) is 11.3. The predicted molar refractivity (Wildman–Crippen MR) is 101 cm³/mol. The smallest absolute Gasteiger partial charge is 0.261 e. The number of hydrogen-bond donors (Lipinski definition) is 2. The molecule has 4 aromatic rings. The molecule has 0 aliphatic rings. The first-order chi connectivity index (χ1) is 12.2. The molecule has 8 nitrogen and oxygen atoms in total. The van der Waals surface area contributed by atoms with Crippen LogP contribution in [0.15, 0.2) is 48.5 Å². The Bertz CT molecular complexity index is 1180. The van der Waals surface area contributed by atoms with Gasteiger partial charge in [0, 0.05) is 10.6 Å². The van der Waals surface area contributed by atoms with Crippen molar-refractivity contribution in [2.75, 3.05) is 12.0 Å². The fourth-order valence-electron chi connectivity index (χ4n) is 2.40. The van der Waals surface area contributed by atoms with Crippen molar-refractivity contribution in [2.45, 2.75) is 0 Å². The topological polar surface area (TPSA) is 123 Å². The van der Waals surface area contributed by atoms with Gasteiger partial charge in [-0.1, -0.05) is 41.9 Å². The molecule has 26 heavy (non-hydrogen) atoms. The summed E-state index contributed by atoms with van der Waals surface area (Å²) < 4.78 is 27.8. The highest BCUT2D eigenvalue weighted by atomic mass is 35.5. The van der Waals surface area contributed by atoms with Crippen LogP contribution in [-0.4, -0.2) is 38.8 Å². The molecule has 134 valence electrons. The lowest BCUT2D eigenvalue weighted by Gasteiger charge is -2.06. The molecule has 0 unspecified atom stereocenters. The second kappa shape index (κ2) is 6.87. The van der Waals surface area contributed by atoms with Crippen LogP contribution in [0.2, 0.25) is 5.02 Å². The molecular formula is C16H14ClN5O3S. The minimum absolute atomic E-state index is 0.347. The molecule has 2 aromatic carbocycles. The monoisotopic (exact) mass is 391 g/mol. The first-order valence-corrected chi connectivity index (χ1v) is 9.54. The minimum atomic E-state index is -3.67. The van der Waals surface area contributed by atoms with Gasteiger partial charge in [-0.3, -0.25) is 8.95 Å². The summed E-state index contributed by atoms with van der Waals surface area (Å²) in [7, 11) is -3.67. The number of nitrogens with zero attached hydrogens (tertiary/aromatic N) is 4. The molecule has 0 aliphatic heterocycles. The van der Waals surface area contributed by atoms with Gasteiger partial charge in [-0.25, -0.2) is 4.98 Å². The van der Waals surface area contributed by atoms with Gasteiger partial charge in [0.15, 0.2) is 11.6 Å². The molecule has 0 atom stereocenters. The van der Waals surface area contributed by atoms with Gasteiger partial charge in [-0.2, -0.15) is 8.42 Å². The number of nitrogen functional groups attached to an aromatic ring is 1. The third-order valence-electron chi connectivity index (χ3n) is 3.34. The van der Waals surface area contributed by atoms with Crippen molar-refractivity contribution < 1.29 is 13.0 Å². The highest BCUT2D eigenvalue weighted by Gasteiger charge is 2.14. The van der Waals surface area contributed by atoms with Crippen molar-refractivity contribution in [3.63, 3.8) is 0 Å². The van der Waals surface area contributed by atoms with E-state index in [0.717, 1.165) is 16.6 Å².